The molecule has 1 rings (SSSR count). The van der Waals surface area contributed by atoms with E-state index in [2.05, 4.69) is 5.32 Å². The van der Waals surface area contributed by atoms with Crippen LogP contribution in [0, 0.1) is 0 Å². The summed E-state index contributed by atoms with van der Waals surface area (Å²) in [6, 6.07) is 5.25. The minimum atomic E-state index is -1.08. The van der Waals surface area contributed by atoms with Crippen LogP contribution in [-0.4, -0.2) is 53.7 Å². The van der Waals surface area contributed by atoms with E-state index in [1.807, 2.05) is 0 Å². The van der Waals surface area contributed by atoms with Crippen LogP contribution in [0.5, 0.6) is 5.75 Å². The third-order valence-electron chi connectivity index (χ3n) is 2.47. The van der Waals surface area contributed by atoms with Gasteiger partial charge >= 0.3 is 5.97 Å². The van der Waals surface area contributed by atoms with E-state index in [-0.39, 0.29) is 24.6 Å². The number of carboxylic acid groups (broad SMARTS) is 1. The summed E-state index contributed by atoms with van der Waals surface area (Å²) in [6.07, 6.45) is 0.175. The number of hydrogen-bond donors (Lipinski definition) is 3. The van der Waals surface area contributed by atoms with Crippen molar-refractivity contribution in [2.24, 2.45) is 0 Å². The zero-order valence-corrected chi connectivity index (χ0v) is 11.0. The van der Waals surface area contributed by atoms with Crippen LogP contribution < -0.4 is 5.32 Å². The van der Waals surface area contributed by atoms with Crippen LogP contribution in [-0.2, 0) is 16.0 Å². The summed E-state index contributed by atoms with van der Waals surface area (Å²) in [5.41, 5.74) is 0.732. The van der Waals surface area contributed by atoms with Gasteiger partial charge in [0.05, 0.1) is 6.54 Å². The molecule has 1 amide bonds. The summed E-state index contributed by atoms with van der Waals surface area (Å²) in [5.74, 6) is -1.30. The molecule has 104 valence electrons. The molecule has 1 aromatic rings. The molecule has 6 nitrogen and oxygen atoms in total. The third kappa shape index (κ3) is 5.39. The first-order valence-electron chi connectivity index (χ1n) is 5.83. The lowest BCUT2D eigenvalue weighted by atomic mass is 10.1. The fourth-order valence-corrected chi connectivity index (χ4v) is 1.59. The zero-order chi connectivity index (χ0) is 14.4. The van der Waals surface area contributed by atoms with E-state index in [1.165, 1.54) is 12.1 Å². The lowest BCUT2D eigenvalue weighted by Gasteiger charge is -2.16. The number of aromatic hydroxyl groups is 1. The van der Waals surface area contributed by atoms with Gasteiger partial charge in [0.1, 0.15) is 11.8 Å². The molecule has 3 N–H and O–H groups in total. The second-order valence-corrected chi connectivity index (χ2v) is 4.57. The third-order valence-corrected chi connectivity index (χ3v) is 2.47. The van der Waals surface area contributed by atoms with Gasteiger partial charge in [-0.15, -0.1) is 0 Å². The first-order valence-corrected chi connectivity index (χ1v) is 5.83. The van der Waals surface area contributed by atoms with Crippen LogP contribution in [0.25, 0.3) is 0 Å². The summed E-state index contributed by atoms with van der Waals surface area (Å²) in [7, 11) is 3.46. The number of phenolic OH excluding ortho intramolecular Hbond substituents is 1. The monoisotopic (exact) mass is 266 g/mol. The molecule has 0 aliphatic rings. The summed E-state index contributed by atoms with van der Waals surface area (Å²) >= 11 is 0. The number of nitrogens with zero attached hydrogens (tertiary/aromatic N) is 1. The fourth-order valence-electron chi connectivity index (χ4n) is 1.59. The van der Waals surface area contributed by atoms with Gasteiger partial charge in [-0.2, -0.15) is 0 Å². The van der Waals surface area contributed by atoms with E-state index in [9.17, 15) is 9.59 Å². The molecular formula is C13H18N2O4. The maximum absolute atomic E-state index is 11.6. The Hall–Kier alpha value is -2.08. The lowest BCUT2D eigenvalue weighted by molar-refractivity contribution is -0.141. The minimum absolute atomic E-state index is 0.118. The molecular weight excluding hydrogens is 248 g/mol. The molecule has 0 saturated heterocycles. The second-order valence-electron chi connectivity index (χ2n) is 4.57. The Morgan fingerprint density at radius 2 is 1.84 bits per heavy atom. The molecule has 1 aromatic carbocycles. The number of carbonyl (C=O) groups excluding carboxylic acids is 1. The molecule has 0 spiro atoms. The number of benzene rings is 1. The Balaban J connectivity index is 2.65. The normalized spacial score (nSPS) is 12.2. The van der Waals surface area contributed by atoms with E-state index < -0.39 is 12.0 Å². The molecule has 6 heteroatoms. The molecule has 0 heterocycles. The molecule has 0 unspecified atom stereocenters. The van der Waals surface area contributed by atoms with E-state index in [1.54, 1.807) is 31.1 Å². The summed E-state index contributed by atoms with van der Waals surface area (Å²) in [4.78, 5) is 24.3. The average Bonchev–Trinajstić information content (AvgIpc) is 2.29. The van der Waals surface area contributed by atoms with Crippen molar-refractivity contribution in [1.82, 2.24) is 10.2 Å². The van der Waals surface area contributed by atoms with Crippen molar-refractivity contribution in [3.8, 4) is 5.75 Å². The Kier molecular flexibility index (Phi) is 5.32. The molecule has 0 bridgehead atoms. The number of nitrogens with one attached hydrogen (secondary N) is 1. The standard InChI is InChI=1S/C13H18N2O4/c1-15(2)8-12(17)14-11(13(18)19)7-9-3-5-10(16)6-4-9/h3-6,11,16H,7-8H2,1-2H3,(H,14,17)(H,18,19)/t11-/m1/s1. The molecule has 0 aliphatic heterocycles. The van der Waals surface area contributed by atoms with Crippen molar-refractivity contribution >= 4 is 11.9 Å². The highest BCUT2D eigenvalue weighted by molar-refractivity contribution is 5.84. The van der Waals surface area contributed by atoms with E-state index in [0.717, 1.165) is 5.56 Å². The van der Waals surface area contributed by atoms with Gasteiger partial charge in [-0.1, -0.05) is 12.1 Å². The van der Waals surface area contributed by atoms with Crippen LogP contribution in [0.15, 0.2) is 24.3 Å². The molecule has 0 aromatic heterocycles. The van der Waals surface area contributed by atoms with Gasteiger partial charge in [-0.3, -0.25) is 4.79 Å². The highest BCUT2D eigenvalue weighted by Crippen LogP contribution is 2.11. The Morgan fingerprint density at radius 3 is 2.32 bits per heavy atom. The quantitative estimate of drug-likeness (QED) is 0.677. The largest absolute Gasteiger partial charge is 0.508 e. The van der Waals surface area contributed by atoms with Gasteiger partial charge < -0.3 is 20.4 Å². The fraction of sp³-hybridized carbons (Fsp3) is 0.385. The number of carboxylic acids is 1. The first-order chi connectivity index (χ1) is 8.88. The predicted octanol–water partition coefficient (Wildman–Crippen LogP) is 0.0657. The van der Waals surface area contributed by atoms with Crippen LogP contribution in [0.3, 0.4) is 0 Å². The van der Waals surface area contributed by atoms with Crippen molar-refractivity contribution in [2.75, 3.05) is 20.6 Å². The Morgan fingerprint density at radius 1 is 1.26 bits per heavy atom. The topological polar surface area (TPSA) is 89.9 Å². The van der Waals surface area contributed by atoms with Crippen LogP contribution in [0.1, 0.15) is 5.56 Å². The molecule has 0 saturated carbocycles. The van der Waals surface area contributed by atoms with Crippen molar-refractivity contribution in [1.29, 1.82) is 0 Å². The lowest BCUT2D eigenvalue weighted by Crippen LogP contribution is -2.45. The highest BCUT2D eigenvalue weighted by Gasteiger charge is 2.20. The van der Waals surface area contributed by atoms with Gasteiger partial charge in [0.25, 0.3) is 0 Å². The first kappa shape index (κ1) is 15.0. The van der Waals surface area contributed by atoms with Crippen LogP contribution >= 0.6 is 0 Å². The SMILES string of the molecule is CN(C)CC(=O)N[C@H](Cc1ccc(O)cc1)C(=O)O. The Labute approximate surface area is 111 Å². The molecule has 0 fully saturated rings. The van der Waals surface area contributed by atoms with E-state index in [0.29, 0.717) is 0 Å². The van der Waals surface area contributed by atoms with Gasteiger partial charge in [0, 0.05) is 6.42 Å². The van der Waals surface area contributed by atoms with Crippen LogP contribution in [0.2, 0.25) is 0 Å². The highest BCUT2D eigenvalue weighted by atomic mass is 16.4. The van der Waals surface area contributed by atoms with Crippen molar-refractivity contribution in [2.45, 2.75) is 12.5 Å². The molecule has 0 radical (unpaired) electrons. The van der Waals surface area contributed by atoms with Crippen LogP contribution in [0.4, 0.5) is 0 Å². The second kappa shape index (κ2) is 6.75. The summed E-state index contributed by atoms with van der Waals surface area (Å²) in [6.45, 7) is 0.138. The van der Waals surface area contributed by atoms with Crippen molar-refractivity contribution in [3.63, 3.8) is 0 Å². The number of rotatable bonds is 6. The Bertz CT molecular complexity index is 442. The van der Waals surface area contributed by atoms with Gasteiger partial charge in [0.2, 0.25) is 5.91 Å². The molecule has 0 aliphatic carbocycles. The van der Waals surface area contributed by atoms with E-state index >= 15 is 0 Å². The van der Waals surface area contributed by atoms with Gasteiger partial charge in [-0.25, -0.2) is 4.79 Å². The maximum atomic E-state index is 11.6. The van der Waals surface area contributed by atoms with Crippen molar-refractivity contribution < 1.29 is 19.8 Å². The number of aliphatic carboxylic acids is 1. The number of amides is 1. The number of likely N-dealkylation sites (N-methyl/N-ethyl adjacent to an activating group) is 1. The molecule has 1 atom stereocenters. The summed E-state index contributed by atoms with van der Waals surface area (Å²) in [5, 5.41) is 20.7. The summed E-state index contributed by atoms with van der Waals surface area (Å²) < 4.78 is 0. The maximum Gasteiger partial charge on any atom is 0.326 e. The average molecular weight is 266 g/mol. The zero-order valence-electron chi connectivity index (χ0n) is 11.0. The van der Waals surface area contributed by atoms with E-state index in [4.69, 9.17) is 10.2 Å². The minimum Gasteiger partial charge on any atom is -0.508 e. The van der Waals surface area contributed by atoms with Crippen molar-refractivity contribution in [3.05, 3.63) is 29.8 Å². The predicted molar refractivity (Wildman–Crippen MR) is 69.9 cm³/mol. The number of phenols is 1. The smallest absolute Gasteiger partial charge is 0.326 e. The number of hydrogen-bond acceptors (Lipinski definition) is 4. The van der Waals surface area contributed by atoms with Gasteiger partial charge in [-0.05, 0) is 31.8 Å². The number of carbonyl (C=O) groups is 2. The van der Waals surface area contributed by atoms with Gasteiger partial charge in [0.15, 0.2) is 0 Å². The molecule has 19 heavy (non-hydrogen) atoms.